The smallest absolute Gasteiger partial charge is 0.279 e. The zero-order valence-corrected chi connectivity index (χ0v) is 10.4. The molecule has 0 aliphatic carbocycles. The number of rotatable bonds is 3. The number of aryl methyl sites for hydroxylation is 1. The van der Waals surface area contributed by atoms with E-state index in [4.69, 9.17) is 0 Å². The Kier molecular flexibility index (Phi) is 3.23. The predicted molar refractivity (Wildman–Crippen MR) is 60.4 cm³/mol. The predicted octanol–water partition coefficient (Wildman–Crippen LogP) is 1.94. The molecule has 9 heteroatoms. The molecule has 0 atom stereocenters. The fourth-order valence-electron chi connectivity index (χ4n) is 1.34. The third-order valence-corrected chi connectivity index (χ3v) is 3.50. The van der Waals surface area contributed by atoms with Crippen LogP contribution < -0.4 is 4.72 Å². The molecule has 2 aromatic rings. The largest absolute Gasteiger partial charge is 0.332 e. The molecule has 0 aliphatic heterocycles. The minimum absolute atomic E-state index is 0.255. The molecule has 0 unspecified atom stereocenters. The molecule has 5 nitrogen and oxygen atoms in total. The highest BCUT2D eigenvalue weighted by Gasteiger charge is 2.20. The Hall–Kier alpha value is -2.03. The number of hydrogen-bond acceptors (Lipinski definition) is 3. The first kappa shape index (κ1) is 13.4. The molecule has 0 radical (unpaired) electrons. The quantitative estimate of drug-likeness (QED) is 0.849. The van der Waals surface area contributed by atoms with Gasteiger partial charge in [0.05, 0.1) is 11.9 Å². The van der Waals surface area contributed by atoms with Crippen LogP contribution in [0.3, 0.4) is 0 Å². The molecule has 1 aromatic carbocycles. The highest BCUT2D eigenvalue weighted by molar-refractivity contribution is 7.92. The molecule has 0 bridgehead atoms. The van der Waals surface area contributed by atoms with Gasteiger partial charge in [-0.25, -0.2) is 18.2 Å². The minimum Gasteiger partial charge on any atom is -0.332 e. The Labute approximate surface area is 106 Å². The number of nitrogens with zero attached hydrogens (tertiary/aromatic N) is 1. The molecule has 0 amide bonds. The van der Waals surface area contributed by atoms with Gasteiger partial charge in [0.25, 0.3) is 10.0 Å². The van der Waals surface area contributed by atoms with Crippen molar-refractivity contribution in [3.05, 3.63) is 41.6 Å². The van der Waals surface area contributed by atoms with Gasteiger partial charge < -0.3 is 4.98 Å². The van der Waals surface area contributed by atoms with Crippen molar-refractivity contribution in [3.63, 3.8) is 0 Å². The first-order valence-electron chi connectivity index (χ1n) is 4.98. The molecule has 0 spiro atoms. The molecule has 0 fully saturated rings. The average Bonchev–Trinajstić information content (AvgIpc) is 2.73. The lowest BCUT2D eigenvalue weighted by atomic mass is 10.3. The average molecular weight is 291 g/mol. The van der Waals surface area contributed by atoms with Gasteiger partial charge >= 0.3 is 0 Å². The van der Waals surface area contributed by atoms with E-state index in [-0.39, 0.29) is 11.1 Å². The van der Waals surface area contributed by atoms with Crippen molar-refractivity contribution in [1.29, 1.82) is 0 Å². The topological polar surface area (TPSA) is 74.8 Å². The van der Waals surface area contributed by atoms with Crippen LogP contribution in [0.15, 0.2) is 23.4 Å². The van der Waals surface area contributed by atoms with Crippen LogP contribution in [0.4, 0.5) is 18.9 Å². The number of H-pyrrole nitrogens is 1. The molecular weight excluding hydrogens is 283 g/mol. The number of halogens is 3. The monoisotopic (exact) mass is 291 g/mol. The molecule has 2 rings (SSSR count). The number of anilines is 1. The zero-order chi connectivity index (χ0) is 14.2. The first-order chi connectivity index (χ1) is 8.79. The second kappa shape index (κ2) is 4.57. The van der Waals surface area contributed by atoms with E-state index in [1.807, 2.05) is 0 Å². The SMILES string of the molecule is Cc1ncc(S(=O)(=O)Nc2cc(F)c(F)cc2F)[nH]1. The van der Waals surface area contributed by atoms with Gasteiger partial charge in [-0.2, -0.15) is 8.42 Å². The number of sulfonamides is 1. The van der Waals surface area contributed by atoms with Crippen molar-refractivity contribution in [3.8, 4) is 0 Å². The Balaban J connectivity index is 2.38. The highest BCUT2D eigenvalue weighted by atomic mass is 32.2. The van der Waals surface area contributed by atoms with Crippen LogP contribution in [0, 0.1) is 24.4 Å². The second-order valence-electron chi connectivity index (χ2n) is 3.68. The van der Waals surface area contributed by atoms with E-state index in [0.29, 0.717) is 11.9 Å². The molecule has 1 heterocycles. The fraction of sp³-hybridized carbons (Fsp3) is 0.100. The molecule has 0 saturated heterocycles. The van der Waals surface area contributed by atoms with Crippen molar-refractivity contribution in [2.45, 2.75) is 11.9 Å². The van der Waals surface area contributed by atoms with Crippen LogP contribution in [0.25, 0.3) is 0 Å². The third kappa shape index (κ3) is 2.70. The number of hydrogen-bond donors (Lipinski definition) is 2. The Morgan fingerprint density at radius 2 is 1.79 bits per heavy atom. The zero-order valence-electron chi connectivity index (χ0n) is 9.54. The van der Waals surface area contributed by atoms with Crippen LogP contribution in [0.2, 0.25) is 0 Å². The number of imidazole rings is 1. The maximum atomic E-state index is 13.3. The Morgan fingerprint density at radius 1 is 1.16 bits per heavy atom. The summed E-state index contributed by atoms with van der Waals surface area (Å²) < 4.78 is 64.4. The summed E-state index contributed by atoms with van der Waals surface area (Å²) in [4.78, 5) is 6.11. The van der Waals surface area contributed by atoms with Gasteiger partial charge in [0.1, 0.15) is 11.6 Å². The molecule has 0 saturated carbocycles. The number of benzene rings is 1. The summed E-state index contributed by atoms with van der Waals surface area (Å²) in [6.07, 6.45) is 1.02. The lowest BCUT2D eigenvalue weighted by molar-refractivity contribution is 0.496. The van der Waals surface area contributed by atoms with E-state index in [0.717, 1.165) is 6.20 Å². The summed E-state index contributed by atoms with van der Waals surface area (Å²) in [5.74, 6) is -3.65. The van der Waals surface area contributed by atoms with Crippen molar-refractivity contribution in [2.24, 2.45) is 0 Å². The Bertz CT molecular complexity index is 728. The van der Waals surface area contributed by atoms with Gasteiger partial charge in [0, 0.05) is 12.1 Å². The minimum atomic E-state index is -4.14. The van der Waals surface area contributed by atoms with Crippen LogP contribution in [0.5, 0.6) is 0 Å². The van der Waals surface area contributed by atoms with Gasteiger partial charge in [-0.15, -0.1) is 0 Å². The lowest BCUT2D eigenvalue weighted by Crippen LogP contribution is -2.15. The third-order valence-electron chi connectivity index (χ3n) is 2.22. The normalized spacial score (nSPS) is 11.6. The fourth-order valence-corrected chi connectivity index (χ4v) is 2.36. The molecule has 0 aliphatic rings. The van der Waals surface area contributed by atoms with Gasteiger partial charge in [-0.1, -0.05) is 0 Å². The van der Waals surface area contributed by atoms with Crippen molar-refractivity contribution < 1.29 is 21.6 Å². The lowest BCUT2D eigenvalue weighted by Gasteiger charge is -2.07. The van der Waals surface area contributed by atoms with Gasteiger partial charge in [0.2, 0.25) is 0 Å². The van der Waals surface area contributed by atoms with Gasteiger partial charge in [-0.3, -0.25) is 4.72 Å². The van der Waals surface area contributed by atoms with E-state index < -0.39 is 33.2 Å². The number of aromatic nitrogens is 2. The molecule has 1 aromatic heterocycles. The highest BCUT2D eigenvalue weighted by Crippen LogP contribution is 2.21. The van der Waals surface area contributed by atoms with E-state index in [1.165, 1.54) is 6.92 Å². The van der Waals surface area contributed by atoms with Crippen molar-refractivity contribution >= 4 is 15.7 Å². The summed E-state index contributed by atoms with van der Waals surface area (Å²) in [6, 6.07) is 0.677. The summed E-state index contributed by atoms with van der Waals surface area (Å²) in [5.41, 5.74) is -0.689. The maximum absolute atomic E-state index is 13.3. The van der Waals surface area contributed by atoms with E-state index in [9.17, 15) is 21.6 Å². The molecule has 2 N–H and O–H groups in total. The second-order valence-corrected chi connectivity index (χ2v) is 5.34. The van der Waals surface area contributed by atoms with Crippen molar-refractivity contribution in [2.75, 3.05) is 4.72 Å². The maximum Gasteiger partial charge on any atom is 0.279 e. The molecule has 19 heavy (non-hydrogen) atoms. The summed E-state index contributed by atoms with van der Waals surface area (Å²) in [6.45, 7) is 1.52. The van der Waals surface area contributed by atoms with E-state index in [2.05, 4.69) is 9.97 Å². The van der Waals surface area contributed by atoms with Crippen LogP contribution in [-0.4, -0.2) is 18.4 Å². The van der Waals surface area contributed by atoms with Gasteiger partial charge in [0.15, 0.2) is 16.7 Å². The summed E-state index contributed by atoms with van der Waals surface area (Å²) in [5, 5.41) is -0.311. The van der Waals surface area contributed by atoms with Crippen molar-refractivity contribution in [1.82, 2.24) is 9.97 Å². The van der Waals surface area contributed by atoms with Crippen LogP contribution in [0.1, 0.15) is 5.82 Å². The molecule has 102 valence electrons. The number of nitrogens with one attached hydrogen (secondary N) is 2. The van der Waals surface area contributed by atoms with Gasteiger partial charge in [-0.05, 0) is 6.92 Å². The standard InChI is InChI=1S/C10H8F3N3O2S/c1-5-14-4-10(15-5)19(17,18)16-9-3-7(12)6(11)2-8(9)13/h2-4,16H,1H3,(H,14,15). The van der Waals surface area contributed by atoms with E-state index in [1.54, 1.807) is 4.72 Å². The van der Waals surface area contributed by atoms with E-state index >= 15 is 0 Å². The Morgan fingerprint density at radius 3 is 2.37 bits per heavy atom. The number of aromatic amines is 1. The van der Waals surface area contributed by atoms with Crippen LogP contribution >= 0.6 is 0 Å². The molecular formula is C10H8F3N3O2S. The summed E-state index contributed by atoms with van der Waals surface area (Å²) in [7, 11) is -4.14. The summed E-state index contributed by atoms with van der Waals surface area (Å²) >= 11 is 0. The first-order valence-corrected chi connectivity index (χ1v) is 6.47. The van der Waals surface area contributed by atoms with Crippen LogP contribution in [-0.2, 0) is 10.0 Å².